The van der Waals surface area contributed by atoms with Gasteiger partial charge in [-0.3, -0.25) is 4.79 Å². The van der Waals surface area contributed by atoms with Crippen LogP contribution in [0.15, 0.2) is 18.2 Å². The van der Waals surface area contributed by atoms with Gasteiger partial charge in [-0.2, -0.15) is 13.2 Å². The number of nitrogens with one attached hydrogen (secondary N) is 1. The molecule has 0 saturated heterocycles. The third-order valence-corrected chi connectivity index (χ3v) is 2.27. The fraction of sp³-hybridized carbons (Fsp3) is 0.364. The molecule has 94 valence electrons. The Morgan fingerprint density at radius 1 is 1.41 bits per heavy atom. The molecule has 0 atom stereocenters. The molecule has 1 aromatic rings. The molecule has 3 nitrogen and oxygen atoms in total. The van der Waals surface area contributed by atoms with Crippen molar-refractivity contribution in [2.75, 3.05) is 11.9 Å². The summed E-state index contributed by atoms with van der Waals surface area (Å²) in [5.41, 5.74) is 6.20. The number of primary amides is 1. The minimum Gasteiger partial charge on any atom is -0.376 e. The van der Waals surface area contributed by atoms with E-state index < -0.39 is 18.6 Å². The largest absolute Gasteiger partial charge is 0.405 e. The summed E-state index contributed by atoms with van der Waals surface area (Å²) in [5.74, 6) is -0.641. The van der Waals surface area contributed by atoms with Gasteiger partial charge < -0.3 is 11.1 Å². The molecule has 0 aromatic heterocycles. The van der Waals surface area contributed by atoms with Crippen LogP contribution in [0.3, 0.4) is 0 Å². The summed E-state index contributed by atoms with van der Waals surface area (Å²) in [4.78, 5) is 11.1. The van der Waals surface area contributed by atoms with Crippen LogP contribution < -0.4 is 11.1 Å². The zero-order valence-corrected chi connectivity index (χ0v) is 9.27. The number of nitrogens with two attached hydrogens (primary N) is 1. The Morgan fingerprint density at radius 3 is 2.53 bits per heavy atom. The first-order valence-electron chi connectivity index (χ1n) is 5.07. The number of amides is 1. The van der Waals surface area contributed by atoms with Gasteiger partial charge in [0.15, 0.2) is 0 Å². The monoisotopic (exact) mass is 246 g/mol. The minimum absolute atomic E-state index is 0.250. The van der Waals surface area contributed by atoms with Gasteiger partial charge in [-0.25, -0.2) is 0 Å². The number of hydrogen-bond donors (Lipinski definition) is 2. The van der Waals surface area contributed by atoms with Crippen LogP contribution in [0.2, 0.25) is 0 Å². The standard InChI is InChI=1S/C11H13F3N2O/c1-2-7-8(10(15)17)4-3-5-9(7)16-6-11(12,13)14/h3-5,16H,2,6H2,1H3,(H2,15,17). The molecule has 0 aliphatic rings. The highest BCUT2D eigenvalue weighted by Gasteiger charge is 2.27. The topological polar surface area (TPSA) is 55.1 Å². The second-order valence-electron chi connectivity index (χ2n) is 3.52. The highest BCUT2D eigenvalue weighted by atomic mass is 19.4. The summed E-state index contributed by atoms with van der Waals surface area (Å²) >= 11 is 0. The molecule has 17 heavy (non-hydrogen) atoms. The van der Waals surface area contributed by atoms with E-state index in [1.807, 2.05) is 0 Å². The Labute approximate surface area is 96.8 Å². The molecular weight excluding hydrogens is 233 g/mol. The summed E-state index contributed by atoms with van der Waals surface area (Å²) in [6.45, 7) is 0.614. The smallest absolute Gasteiger partial charge is 0.376 e. The second kappa shape index (κ2) is 5.07. The maximum atomic E-state index is 12.1. The lowest BCUT2D eigenvalue weighted by Crippen LogP contribution is -2.23. The molecule has 3 N–H and O–H groups in total. The van der Waals surface area contributed by atoms with Gasteiger partial charge >= 0.3 is 6.18 Å². The number of rotatable bonds is 4. The molecule has 1 amide bonds. The van der Waals surface area contributed by atoms with Crippen molar-refractivity contribution in [3.63, 3.8) is 0 Å². The van der Waals surface area contributed by atoms with E-state index in [1.165, 1.54) is 18.2 Å². The predicted octanol–water partition coefficient (Wildman–Crippen LogP) is 2.32. The molecule has 0 bridgehead atoms. The van der Waals surface area contributed by atoms with Crippen molar-refractivity contribution in [3.05, 3.63) is 29.3 Å². The van der Waals surface area contributed by atoms with Crippen LogP contribution in [-0.2, 0) is 6.42 Å². The lowest BCUT2D eigenvalue weighted by atomic mass is 10.0. The Morgan fingerprint density at radius 2 is 2.06 bits per heavy atom. The Kier molecular flexibility index (Phi) is 3.98. The first kappa shape index (κ1) is 13.3. The lowest BCUT2D eigenvalue weighted by Gasteiger charge is -2.14. The number of anilines is 1. The fourth-order valence-corrected chi connectivity index (χ4v) is 1.56. The highest BCUT2D eigenvalue weighted by molar-refractivity contribution is 5.95. The number of benzene rings is 1. The van der Waals surface area contributed by atoms with Gasteiger partial charge in [-0.15, -0.1) is 0 Å². The van der Waals surface area contributed by atoms with Gasteiger partial charge in [0.1, 0.15) is 6.54 Å². The maximum Gasteiger partial charge on any atom is 0.405 e. The maximum absolute atomic E-state index is 12.1. The van der Waals surface area contributed by atoms with Crippen LogP contribution in [0.25, 0.3) is 0 Å². The van der Waals surface area contributed by atoms with E-state index in [4.69, 9.17) is 5.73 Å². The number of carbonyl (C=O) groups excluding carboxylic acids is 1. The van der Waals surface area contributed by atoms with Crippen molar-refractivity contribution < 1.29 is 18.0 Å². The number of hydrogen-bond acceptors (Lipinski definition) is 2. The normalized spacial score (nSPS) is 11.3. The van der Waals surface area contributed by atoms with Gasteiger partial charge in [-0.05, 0) is 24.1 Å². The molecule has 0 heterocycles. The molecule has 0 saturated carbocycles. The fourth-order valence-electron chi connectivity index (χ4n) is 1.56. The average molecular weight is 246 g/mol. The van der Waals surface area contributed by atoms with E-state index in [0.29, 0.717) is 17.7 Å². The predicted molar refractivity (Wildman–Crippen MR) is 58.9 cm³/mol. The molecule has 0 aliphatic heterocycles. The number of alkyl halides is 3. The number of carbonyl (C=O) groups is 1. The summed E-state index contributed by atoms with van der Waals surface area (Å²) in [6.07, 6.45) is -3.87. The zero-order chi connectivity index (χ0) is 13.1. The first-order valence-corrected chi connectivity index (χ1v) is 5.07. The minimum atomic E-state index is -4.30. The summed E-state index contributed by atoms with van der Waals surface area (Å²) in [6, 6.07) is 4.49. The average Bonchev–Trinajstić information content (AvgIpc) is 2.24. The molecule has 0 aliphatic carbocycles. The molecule has 0 unspecified atom stereocenters. The molecule has 1 aromatic carbocycles. The highest BCUT2D eigenvalue weighted by Crippen LogP contribution is 2.23. The van der Waals surface area contributed by atoms with Crippen LogP contribution in [0, 0.1) is 0 Å². The molecule has 1 rings (SSSR count). The third-order valence-electron chi connectivity index (χ3n) is 2.27. The van der Waals surface area contributed by atoms with Gasteiger partial charge in [0.2, 0.25) is 5.91 Å². The van der Waals surface area contributed by atoms with Crippen molar-refractivity contribution >= 4 is 11.6 Å². The van der Waals surface area contributed by atoms with Gasteiger partial charge in [0.25, 0.3) is 0 Å². The Bertz CT molecular complexity index is 416. The van der Waals surface area contributed by atoms with E-state index in [1.54, 1.807) is 6.92 Å². The first-order chi connectivity index (χ1) is 7.85. The summed E-state index contributed by atoms with van der Waals surface area (Å²) in [7, 11) is 0. The molecule has 6 heteroatoms. The number of halogens is 3. The van der Waals surface area contributed by atoms with Gasteiger partial charge in [0, 0.05) is 11.3 Å². The van der Waals surface area contributed by atoms with Crippen LogP contribution in [-0.4, -0.2) is 18.6 Å². The summed E-state index contributed by atoms with van der Waals surface area (Å²) in [5, 5.41) is 2.27. The molecule has 0 fully saturated rings. The van der Waals surface area contributed by atoms with Crippen molar-refractivity contribution in [2.24, 2.45) is 5.73 Å². The van der Waals surface area contributed by atoms with E-state index in [-0.39, 0.29) is 5.56 Å². The van der Waals surface area contributed by atoms with Gasteiger partial charge in [0.05, 0.1) is 0 Å². The van der Waals surface area contributed by atoms with E-state index >= 15 is 0 Å². The molecular formula is C11H13F3N2O. The SMILES string of the molecule is CCc1c(NCC(F)(F)F)cccc1C(N)=O. The third kappa shape index (κ3) is 3.65. The van der Waals surface area contributed by atoms with E-state index in [2.05, 4.69) is 5.32 Å². The second-order valence-corrected chi connectivity index (χ2v) is 3.52. The van der Waals surface area contributed by atoms with E-state index in [9.17, 15) is 18.0 Å². The summed E-state index contributed by atoms with van der Waals surface area (Å²) < 4.78 is 36.2. The van der Waals surface area contributed by atoms with Crippen molar-refractivity contribution in [3.8, 4) is 0 Å². The molecule has 0 spiro atoms. The van der Waals surface area contributed by atoms with Crippen LogP contribution in [0.4, 0.5) is 18.9 Å². The zero-order valence-electron chi connectivity index (χ0n) is 9.27. The van der Waals surface area contributed by atoms with Crippen molar-refractivity contribution in [1.82, 2.24) is 0 Å². The van der Waals surface area contributed by atoms with Crippen molar-refractivity contribution in [2.45, 2.75) is 19.5 Å². The van der Waals surface area contributed by atoms with Crippen molar-refractivity contribution in [1.29, 1.82) is 0 Å². The van der Waals surface area contributed by atoms with E-state index in [0.717, 1.165) is 0 Å². The van der Waals surface area contributed by atoms with Gasteiger partial charge in [-0.1, -0.05) is 13.0 Å². The Hall–Kier alpha value is -1.72. The quantitative estimate of drug-likeness (QED) is 0.856. The van der Waals surface area contributed by atoms with Crippen LogP contribution in [0.1, 0.15) is 22.8 Å². The van der Waals surface area contributed by atoms with Crippen LogP contribution >= 0.6 is 0 Å². The molecule has 0 radical (unpaired) electrons. The Balaban J connectivity index is 2.99. The van der Waals surface area contributed by atoms with Crippen LogP contribution in [0.5, 0.6) is 0 Å². The lowest BCUT2D eigenvalue weighted by molar-refractivity contribution is -0.115.